The summed E-state index contributed by atoms with van der Waals surface area (Å²) in [6, 6.07) is 14.6. The van der Waals surface area contributed by atoms with Gasteiger partial charge in [0.2, 0.25) is 21.9 Å². The first-order chi connectivity index (χ1) is 17.3. The van der Waals surface area contributed by atoms with Crippen molar-refractivity contribution in [3.8, 4) is 5.75 Å². The third kappa shape index (κ3) is 4.37. The van der Waals surface area contributed by atoms with Crippen molar-refractivity contribution < 1.29 is 13.2 Å². The number of anilines is 2. The van der Waals surface area contributed by atoms with Gasteiger partial charge in [-0.1, -0.05) is 18.6 Å². The fraction of sp³-hybridized carbons (Fsp3) is 0.440. The second kappa shape index (κ2) is 9.62. The second-order valence-electron chi connectivity index (χ2n) is 9.38. The summed E-state index contributed by atoms with van der Waals surface area (Å²) in [5.41, 5.74) is 13.4. The highest BCUT2D eigenvalue weighted by atomic mass is 32.2. The molecule has 0 amide bonds. The van der Waals surface area contributed by atoms with Crippen molar-refractivity contribution in [1.82, 2.24) is 4.31 Å². The van der Waals surface area contributed by atoms with Crippen molar-refractivity contribution in [3.63, 3.8) is 0 Å². The molecule has 2 aromatic carbocycles. The number of nitrogens with zero attached hydrogens (tertiary/aromatic N) is 5. The van der Waals surface area contributed by atoms with Crippen LogP contribution in [0.5, 0.6) is 5.75 Å². The summed E-state index contributed by atoms with van der Waals surface area (Å²) in [6.07, 6.45) is 4.83. The van der Waals surface area contributed by atoms with E-state index in [4.69, 9.17) is 16.2 Å². The number of benzene rings is 2. The molecule has 0 aromatic heterocycles. The van der Waals surface area contributed by atoms with E-state index in [1.165, 1.54) is 4.31 Å². The molecule has 11 heteroatoms. The zero-order valence-corrected chi connectivity index (χ0v) is 21.3. The number of rotatable bonds is 5. The van der Waals surface area contributed by atoms with E-state index in [2.05, 4.69) is 14.9 Å². The maximum Gasteiger partial charge on any atom is 0.243 e. The normalized spacial score (nSPS) is 20.7. The molecule has 0 bridgehead atoms. The summed E-state index contributed by atoms with van der Waals surface area (Å²) in [5.74, 6) is 1.26. The van der Waals surface area contributed by atoms with Crippen LogP contribution in [0.2, 0.25) is 0 Å². The fourth-order valence-electron chi connectivity index (χ4n) is 5.47. The lowest BCUT2D eigenvalue weighted by molar-refractivity contribution is 0.305. The van der Waals surface area contributed by atoms with Crippen LogP contribution in [0.3, 0.4) is 0 Å². The molecule has 3 aliphatic rings. The zero-order valence-electron chi connectivity index (χ0n) is 20.5. The van der Waals surface area contributed by atoms with Crippen LogP contribution in [-0.4, -0.2) is 63.6 Å². The van der Waals surface area contributed by atoms with Crippen molar-refractivity contribution in [3.05, 3.63) is 48.5 Å². The lowest BCUT2D eigenvalue weighted by Gasteiger charge is -2.45. The average Bonchev–Trinajstić information content (AvgIpc) is 2.89. The summed E-state index contributed by atoms with van der Waals surface area (Å²) in [5, 5.41) is 0. The van der Waals surface area contributed by atoms with Crippen molar-refractivity contribution in [2.24, 2.45) is 21.5 Å². The van der Waals surface area contributed by atoms with Gasteiger partial charge in [0.1, 0.15) is 11.4 Å². The van der Waals surface area contributed by atoms with E-state index in [-0.39, 0.29) is 16.8 Å². The van der Waals surface area contributed by atoms with Crippen LogP contribution in [0.4, 0.5) is 11.4 Å². The zero-order chi connectivity index (χ0) is 25.3. The predicted molar refractivity (Wildman–Crippen MR) is 142 cm³/mol. The number of piperazine rings is 1. The third-order valence-corrected chi connectivity index (χ3v) is 9.16. The summed E-state index contributed by atoms with van der Waals surface area (Å²) in [6.45, 7) is 1.96. The summed E-state index contributed by atoms with van der Waals surface area (Å²) >= 11 is 0. The SMILES string of the molecule is COc1ccccc1N1CCN(S(=O)(=O)c2ccc(N3C(N)=NC(N)=NC34CCCCC4)cc2)CC1. The van der Waals surface area contributed by atoms with E-state index in [9.17, 15) is 8.42 Å². The molecule has 0 radical (unpaired) electrons. The van der Waals surface area contributed by atoms with Gasteiger partial charge in [-0.3, -0.25) is 4.90 Å². The molecule has 5 rings (SSSR count). The van der Waals surface area contributed by atoms with Gasteiger partial charge in [-0.05, 0) is 62.1 Å². The van der Waals surface area contributed by atoms with Crippen molar-refractivity contribution in [2.75, 3.05) is 43.1 Å². The molecule has 2 aliphatic heterocycles. The molecule has 0 atom stereocenters. The molecule has 10 nitrogen and oxygen atoms in total. The summed E-state index contributed by atoms with van der Waals surface area (Å²) in [7, 11) is -2.00. The lowest BCUT2D eigenvalue weighted by Crippen LogP contribution is -2.58. The number of hydrogen-bond donors (Lipinski definition) is 2. The Kier molecular flexibility index (Phi) is 6.52. The molecule has 1 saturated heterocycles. The molecular weight excluding hydrogens is 478 g/mol. The van der Waals surface area contributed by atoms with Gasteiger partial charge in [-0.25, -0.2) is 13.4 Å². The monoisotopic (exact) mass is 511 g/mol. The maximum absolute atomic E-state index is 13.4. The van der Waals surface area contributed by atoms with E-state index in [0.717, 1.165) is 49.2 Å². The Hall–Kier alpha value is -3.31. The van der Waals surface area contributed by atoms with Crippen LogP contribution in [0, 0.1) is 0 Å². The van der Waals surface area contributed by atoms with Crippen LogP contribution in [0.15, 0.2) is 63.4 Å². The maximum atomic E-state index is 13.4. The minimum absolute atomic E-state index is 0.192. The quantitative estimate of drug-likeness (QED) is 0.630. The molecule has 2 heterocycles. The minimum atomic E-state index is -3.64. The molecule has 4 N–H and O–H groups in total. The molecule has 36 heavy (non-hydrogen) atoms. The smallest absolute Gasteiger partial charge is 0.243 e. The molecule has 1 aliphatic carbocycles. The highest BCUT2D eigenvalue weighted by molar-refractivity contribution is 7.89. The Morgan fingerprint density at radius 3 is 2.25 bits per heavy atom. The van der Waals surface area contributed by atoms with Crippen molar-refractivity contribution in [1.29, 1.82) is 0 Å². The number of guanidine groups is 2. The highest BCUT2D eigenvalue weighted by Crippen LogP contribution is 2.39. The second-order valence-corrected chi connectivity index (χ2v) is 11.3. The Balaban J connectivity index is 1.33. The molecule has 2 aromatic rings. The standard InChI is InChI=1S/C25H33N7O3S/c1-35-22-8-4-3-7-21(22)30-15-17-31(18-16-30)36(33,34)20-11-9-19(10-12-20)32-24(27)28-23(26)29-25(32)13-5-2-6-14-25/h3-4,7-12H,2,5-6,13-18H2,1H3,(H4,26,27,28,29). The van der Waals surface area contributed by atoms with Gasteiger partial charge in [0, 0.05) is 31.9 Å². The molecule has 1 spiro atoms. The number of ether oxygens (including phenoxy) is 1. The Morgan fingerprint density at radius 1 is 0.917 bits per heavy atom. The predicted octanol–water partition coefficient (Wildman–Crippen LogP) is 2.32. The van der Waals surface area contributed by atoms with E-state index in [1.54, 1.807) is 31.4 Å². The number of sulfonamides is 1. The first-order valence-electron chi connectivity index (χ1n) is 12.3. The van der Waals surface area contributed by atoms with Gasteiger partial charge in [0.25, 0.3) is 0 Å². The van der Waals surface area contributed by atoms with Crippen LogP contribution < -0.4 is 26.0 Å². The van der Waals surface area contributed by atoms with Crippen molar-refractivity contribution in [2.45, 2.75) is 42.7 Å². The van der Waals surface area contributed by atoms with Gasteiger partial charge in [-0.15, -0.1) is 0 Å². The minimum Gasteiger partial charge on any atom is -0.495 e. The third-order valence-electron chi connectivity index (χ3n) is 7.25. The van der Waals surface area contributed by atoms with Gasteiger partial charge >= 0.3 is 0 Å². The number of methoxy groups -OCH3 is 1. The number of hydrogen-bond acceptors (Lipinski definition) is 9. The summed E-state index contributed by atoms with van der Waals surface area (Å²) in [4.78, 5) is 13.2. The molecule has 192 valence electrons. The van der Waals surface area contributed by atoms with Gasteiger partial charge in [0.05, 0.1) is 17.7 Å². The molecule has 1 saturated carbocycles. The van der Waals surface area contributed by atoms with E-state index in [0.29, 0.717) is 26.2 Å². The number of nitrogens with two attached hydrogens (primary N) is 2. The van der Waals surface area contributed by atoms with Gasteiger partial charge in [0.15, 0.2) is 0 Å². The highest BCUT2D eigenvalue weighted by Gasteiger charge is 2.42. The summed E-state index contributed by atoms with van der Waals surface area (Å²) < 4.78 is 33.9. The van der Waals surface area contributed by atoms with Crippen LogP contribution in [-0.2, 0) is 10.0 Å². The first-order valence-corrected chi connectivity index (χ1v) is 13.8. The lowest BCUT2D eigenvalue weighted by atomic mass is 9.87. The fourth-order valence-corrected chi connectivity index (χ4v) is 6.89. The number of para-hydroxylation sites is 2. The first kappa shape index (κ1) is 24.4. The van der Waals surface area contributed by atoms with Gasteiger partial charge in [-0.2, -0.15) is 9.30 Å². The van der Waals surface area contributed by atoms with Crippen molar-refractivity contribution >= 4 is 33.3 Å². The van der Waals surface area contributed by atoms with Crippen LogP contribution >= 0.6 is 0 Å². The van der Waals surface area contributed by atoms with E-state index < -0.39 is 15.7 Å². The molecule has 0 unspecified atom stereocenters. The number of aliphatic imine (C=N–C) groups is 2. The topological polar surface area (TPSA) is 130 Å². The van der Waals surface area contributed by atoms with Gasteiger partial charge < -0.3 is 21.1 Å². The Bertz CT molecular complexity index is 1260. The van der Waals surface area contributed by atoms with Crippen LogP contribution in [0.1, 0.15) is 32.1 Å². The van der Waals surface area contributed by atoms with Crippen LogP contribution in [0.25, 0.3) is 0 Å². The largest absolute Gasteiger partial charge is 0.495 e. The van der Waals surface area contributed by atoms with E-state index in [1.807, 2.05) is 29.2 Å². The molecule has 2 fully saturated rings. The Labute approximate surface area is 212 Å². The average molecular weight is 512 g/mol. The van der Waals surface area contributed by atoms with E-state index >= 15 is 0 Å². The Morgan fingerprint density at radius 2 is 1.58 bits per heavy atom. The molecular formula is C25H33N7O3S.